The van der Waals surface area contributed by atoms with E-state index >= 15 is 0 Å². The lowest BCUT2D eigenvalue weighted by Crippen LogP contribution is -2.39. The summed E-state index contributed by atoms with van der Waals surface area (Å²) < 4.78 is 12.7. The van der Waals surface area contributed by atoms with Crippen molar-refractivity contribution >= 4 is 17.4 Å². The van der Waals surface area contributed by atoms with Crippen molar-refractivity contribution in [2.24, 2.45) is 7.05 Å². The lowest BCUT2D eigenvalue weighted by molar-refractivity contribution is 0.237. The average molecular weight is 423 g/mol. The maximum absolute atomic E-state index is 12.6. The highest BCUT2D eigenvalue weighted by Gasteiger charge is 2.21. The molecule has 0 saturated heterocycles. The third-order valence-corrected chi connectivity index (χ3v) is 5.39. The first-order valence-electron chi connectivity index (χ1n) is 9.28. The molecule has 3 aromatic heterocycles. The zero-order valence-corrected chi connectivity index (χ0v) is 17.3. The monoisotopic (exact) mass is 423 g/mol. The van der Waals surface area contributed by atoms with Crippen LogP contribution < -0.4 is 15.4 Å². The van der Waals surface area contributed by atoms with Gasteiger partial charge in [0, 0.05) is 19.4 Å². The highest BCUT2D eigenvalue weighted by molar-refractivity contribution is 7.13. The Bertz CT molecular complexity index is 1120. The number of hydrogen-bond acceptors (Lipinski definition) is 6. The van der Waals surface area contributed by atoms with E-state index in [4.69, 9.17) is 9.15 Å². The zero-order valence-electron chi connectivity index (χ0n) is 16.5. The molecule has 8 nitrogen and oxygen atoms in total. The van der Waals surface area contributed by atoms with Gasteiger partial charge < -0.3 is 24.4 Å². The van der Waals surface area contributed by atoms with Crippen molar-refractivity contribution in [1.29, 1.82) is 0 Å². The average Bonchev–Trinajstić information content (AvgIpc) is 3.52. The van der Waals surface area contributed by atoms with Crippen LogP contribution in [0.15, 0.2) is 64.9 Å². The molecule has 3 heterocycles. The maximum atomic E-state index is 12.6. The van der Waals surface area contributed by atoms with Gasteiger partial charge in [0.2, 0.25) is 5.89 Å². The van der Waals surface area contributed by atoms with Crippen LogP contribution in [0.3, 0.4) is 0 Å². The van der Waals surface area contributed by atoms with Gasteiger partial charge in [-0.2, -0.15) is 0 Å². The van der Waals surface area contributed by atoms with Crippen LogP contribution in [-0.2, 0) is 13.6 Å². The highest BCUT2D eigenvalue weighted by atomic mass is 32.1. The molecule has 4 rings (SSSR count). The van der Waals surface area contributed by atoms with Gasteiger partial charge in [-0.15, -0.1) is 11.3 Å². The summed E-state index contributed by atoms with van der Waals surface area (Å²) in [5, 5.41) is 7.78. The van der Waals surface area contributed by atoms with Gasteiger partial charge in [-0.1, -0.05) is 18.2 Å². The number of urea groups is 1. The van der Waals surface area contributed by atoms with Crippen LogP contribution in [0.4, 0.5) is 4.79 Å². The molecule has 1 aromatic carbocycles. The molecule has 9 heteroatoms. The predicted molar refractivity (Wildman–Crippen MR) is 113 cm³/mol. The normalized spacial score (nSPS) is 11.8. The predicted octanol–water partition coefficient (Wildman–Crippen LogP) is 3.73. The lowest BCUT2D eigenvalue weighted by atomic mass is 10.1. The van der Waals surface area contributed by atoms with E-state index in [1.807, 2.05) is 59.6 Å². The van der Waals surface area contributed by atoms with E-state index in [1.54, 1.807) is 30.9 Å². The molecule has 1 atom stereocenters. The van der Waals surface area contributed by atoms with Crippen molar-refractivity contribution in [3.05, 3.63) is 77.5 Å². The first-order valence-corrected chi connectivity index (χ1v) is 10.2. The highest BCUT2D eigenvalue weighted by Crippen LogP contribution is 2.25. The number of oxazole rings is 1. The Morgan fingerprint density at radius 3 is 2.97 bits per heavy atom. The van der Waals surface area contributed by atoms with Gasteiger partial charge in [-0.3, -0.25) is 0 Å². The number of hydrogen-bond donors (Lipinski definition) is 2. The van der Waals surface area contributed by atoms with Gasteiger partial charge in [0.1, 0.15) is 23.9 Å². The van der Waals surface area contributed by atoms with E-state index < -0.39 is 6.04 Å². The SMILES string of the molecule is COc1cccc(C(NC(=O)NCc2coc(-c3cccs3)n2)c2nccn2C)c1. The first-order chi connectivity index (χ1) is 14.6. The second-order valence-electron chi connectivity index (χ2n) is 6.55. The molecule has 0 saturated carbocycles. The molecule has 0 fully saturated rings. The Kier molecular flexibility index (Phi) is 5.80. The summed E-state index contributed by atoms with van der Waals surface area (Å²) in [6.45, 7) is 0.242. The number of aromatic nitrogens is 3. The number of aryl methyl sites for hydroxylation is 1. The number of methoxy groups -OCH3 is 1. The first kappa shape index (κ1) is 19.7. The van der Waals surface area contributed by atoms with E-state index in [1.165, 1.54) is 0 Å². The topological polar surface area (TPSA) is 94.2 Å². The van der Waals surface area contributed by atoms with Crippen molar-refractivity contribution in [1.82, 2.24) is 25.2 Å². The van der Waals surface area contributed by atoms with E-state index in [9.17, 15) is 4.79 Å². The number of benzene rings is 1. The number of thiophene rings is 1. The Morgan fingerprint density at radius 2 is 2.23 bits per heavy atom. The summed E-state index contributed by atoms with van der Waals surface area (Å²) in [7, 11) is 3.49. The minimum Gasteiger partial charge on any atom is -0.497 e. The van der Waals surface area contributed by atoms with Crippen LogP contribution in [0, 0.1) is 0 Å². The van der Waals surface area contributed by atoms with Gasteiger partial charge in [0.25, 0.3) is 0 Å². The van der Waals surface area contributed by atoms with Gasteiger partial charge in [0.15, 0.2) is 0 Å². The molecule has 0 aliphatic carbocycles. The third kappa shape index (κ3) is 4.36. The van der Waals surface area contributed by atoms with E-state index in [0.29, 0.717) is 23.2 Å². The second-order valence-corrected chi connectivity index (χ2v) is 7.50. The molecule has 30 heavy (non-hydrogen) atoms. The van der Waals surface area contributed by atoms with Crippen molar-refractivity contribution < 1.29 is 13.9 Å². The van der Waals surface area contributed by atoms with Gasteiger partial charge in [-0.05, 0) is 29.1 Å². The molecule has 0 spiro atoms. The molecule has 1 unspecified atom stereocenters. The van der Waals surface area contributed by atoms with Crippen LogP contribution in [0.5, 0.6) is 5.75 Å². The summed E-state index contributed by atoms with van der Waals surface area (Å²) >= 11 is 1.55. The molecule has 0 aliphatic heterocycles. The summed E-state index contributed by atoms with van der Waals surface area (Å²) in [4.78, 5) is 22.4. The van der Waals surface area contributed by atoms with E-state index in [0.717, 1.165) is 10.4 Å². The molecular formula is C21H21N5O3S. The Labute approximate surface area is 177 Å². The number of nitrogens with zero attached hydrogens (tertiary/aromatic N) is 3. The quantitative estimate of drug-likeness (QED) is 0.472. The molecule has 154 valence electrons. The molecule has 2 amide bonds. The van der Waals surface area contributed by atoms with Gasteiger partial charge >= 0.3 is 6.03 Å². The number of rotatable bonds is 7. The van der Waals surface area contributed by atoms with Crippen molar-refractivity contribution in [3.8, 4) is 16.5 Å². The number of imidazole rings is 1. The zero-order chi connectivity index (χ0) is 20.9. The third-order valence-electron chi connectivity index (χ3n) is 4.53. The fraction of sp³-hybridized carbons (Fsp3) is 0.190. The second kappa shape index (κ2) is 8.83. The number of carbonyl (C=O) groups excluding carboxylic acids is 1. The van der Waals surface area contributed by atoms with Crippen LogP contribution in [-0.4, -0.2) is 27.7 Å². The smallest absolute Gasteiger partial charge is 0.315 e. The molecule has 0 radical (unpaired) electrons. The van der Waals surface area contributed by atoms with Crippen molar-refractivity contribution in [2.45, 2.75) is 12.6 Å². The summed E-state index contributed by atoms with van der Waals surface area (Å²) in [6, 6.07) is 10.6. The molecular weight excluding hydrogens is 402 g/mol. The summed E-state index contributed by atoms with van der Waals surface area (Å²) in [6.07, 6.45) is 5.08. The lowest BCUT2D eigenvalue weighted by Gasteiger charge is -2.20. The molecule has 0 aliphatic rings. The van der Waals surface area contributed by atoms with Gasteiger partial charge in [-0.25, -0.2) is 14.8 Å². The van der Waals surface area contributed by atoms with E-state index in [2.05, 4.69) is 20.6 Å². The Balaban J connectivity index is 1.46. The summed E-state index contributed by atoms with van der Waals surface area (Å²) in [5.41, 5.74) is 1.50. The maximum Gasteiger partial charge on any atom is 0.315 e. The summed E-state index contributed by atoms with van der Waals surface area (Å²) in [5.74, 6) is 1.96. The number of carbonyl (C=O) groups is 1. The van der Waals surface area contributed by atoms with Crippen molar-refractivity contribution in [3.63, 3.8) is 0 Å². The van der Waals surface area contributed by atoms with Crippen LogP contribution in [0.25, 0.3) is 10.8 Å². The number of nitrogens with one attached hydrogen (secondary N) is 2. The fourth-order valence-electron chi connectivity index (χ4n) is 3.03. The Hall–Kier alpha value is -3.59. The molecule has 0 bridgehead atoms. The van der Waals surface area contributed by atoms with Crippen LogP contribution in [0.2, 0.25) is 0 Å². The largest absolute Gasteiger partial charge is 0.497 e. The standard InChI is InChI=1S/C21H21N5O3S/c1-26-9-8-22-19(26)18(14-5-3-6-16(11-14)28-2)25-21(27)23-12-15-13-29-20(24-15)17-7-4-10-30-17/h3-11,13,18H,12H2,1-2H3,(H2,23,25,27). The minimum atomic E-state index is -0.445. The van der Waals surface area contributed by atoms with E-state index in [-0.39, 0.29) is 12.6 Å². The van der Waals surface area contributed by atoms with Crippen LogP contribution >= 0.6 is 11.3 Å². The van der Waals surface area contributed by atoms with Crippen LogP contribution in [0.1, 0.15) is 23.1 Å². The molecule has 2 N–H and O–H groups in total. The molecule has 4 aromatic rings. The minimum absolute atomic E-state index is 0.242. The van der Waals surface area contributed by atoms with Gasteiger partial charge in [0.05, 0.1) is 24.2 Å². The van der Waals surface area contributed by atoms with Crippen molar-refractivity contribution in [2.75, 3.05) is 7.11 Å². The number of amides is 2. The fourth-order valence-corrected chi connectivity index (χ4v) is 3.68. The Morgan fingerprint density at radius 1 is 1.33 bits per heavy atom. The number of ether oxygens (including phenoxy) is 1.